The maximum absolute atomic E-state index is 13.8. The maximum atomic E-state index is 13.8. The number of carbonyl (C=O) groups excluding carboxylic acids is 2. The molecule has 2 aliphatic heterocycles. The van der Waals surface area contributed by atoms with Gasteiger partial charge < -0.3 is 24.6 Å². The summed E-state index contributed by atoms with van der Waals surface area (Å²) in [5.74, 6) is -4.30. The maximum Gasteiger partial charge on any atom is 0.276 e. The van der Waals surface area contributed by atoms with Crippen molar-refractivity contribution >= 4 is 21.7 Å². The van der Waals surface area contributed by atoms with E-state index in [0.29, 0.717) is 6.07 Å². The fourth-order valence-electron chi connectivity index (χ4n) is 3.96. The third-order valence-corrected chi connectivity index (χ3v) is 6.66. The van der Waals surface area contributed by atoms with Crippen LogP contribution in [0, 0.1) is 11.6 Å². The highest BCUT2D eigenvalue weighted by Crippen LogP contribution is 2.29. The number of sulfone groups is 1. The highest BCUT2D eigenvalue weighted by Gasteiger charge is 2.43. The number of amides is 2. The average molecular weight is 497 g/mol. The smallest absolute Gasteiger partial charge is 0.276 e. The van der Waals surface area contributed by atoms with E-state index >= 15 is 0 Å². The fraction of sp³-hybridized carbons (Fsp3) is 0.381. The zero-order valence-electron chi connectivity index (χ0n) is 18.0. The SMILES string of the molecule is CS(=O)(=O)CCC1CN2C(=O)c3c(O)c(=O)c(C(=O)NCc4ccc(F)cc4F)cn3C[C@H]2O1. The Labute approximate surface area is 192 Å². The van der Waals surface area contributed by atoms with Crippen LogP contribution in [0.3, 0.4) is 0 Å². The van der Waals surface area contributed by atoms with Crippen molar-refractivity contribution in [2.24, 2.45) is 0 Å². The van der Waals surface area contributed by atoms with Crippen LogP contribution in [0.2, 0.25) is 0 Å². The third kappa shape index (κ3) is 4.66. The highest BCUT2D eigenvalue weighted by molar-refractivity contribution is 7.90. The van der Waals surface area contributed by atoms with Crippen molar-refractivity contribution in [1.29, 1.82) is 0 Å². The zero-order valence-corrected chi connectivity index (χ0v) is 18.8. The Balaban J connectivity index is 1.54. The van der Waals surface area contributed by atoms with Gasteiger partial charge in [-0.05, 0) is 12.5 Å². The summed E-state index contributed by atoms with van der Waals surface area (Å²) in [5.41, 5.74) is -1.88. The summed E-state index contributed by atoms with van der Waals surface area (Å²) in [4.78, 5) is 39.4. The van der Waals surface area contributed by atoms with Gasteiger partial charge in [-0.2, -0.15) is 0 Å². The Kier molecular flexibility index (Phi) is 6.16. The first-order valence-corrected chi connectivity index (χ1v) is 12.3. The molecule has 0 bridgehead atoms. The number of fused-ring (bicyclic) bond motifs is 2. The summed E-state index contributed by atoms with van der Waals surface area (Å²) < 4.78 is 56.7. The number of carbonyl (C=O) groups is 2. The summed E-state index contributed by atoms with van der Waals surface area (Å²) in [7, 11) is -3.23. The largest absolute Gasteiger partial charge is 0.503 e. The minimum Gasteiger partial charge on any atom is -0.503 e. The Morgan fingerprint density at radius 2 is 2.00 bits per heavy atom. The summed E-state index contributed by atoms with van der Waals surface area (Å²) in [6, 6.07) is 2.82. The van der Waals surface area contributed by atoms with E-state index in [-0.39, 0.29) is 43.1 Å². The van der Waals surface area contributed by atoms with E-state index in [9.17, 15) is 36.7 Å². The lowest BCUT2D eigenvalue weighted by atomic mass is 10.1. The Morgan fingerprint density at radius 1 is 1.26 bits per heavy atom. The molecule has 2 aromatic rings. The number of nitrogens with zero attached hydrogens (tertiary/aromatic N) is 2. The number of halogens is 2. The molecule has 34 heavy (non-hydrogen) atoms. The molecule has 13 heteroatoms. The molecule has 4 rings (SSSR count). The Hall–Kier alpha value is -3.32. The Bertz CT molecular complexity index is 1340. The number of ether oxygens (including phenoxy) is 1. The molecule has 182 valence electrons. The quantitative estimate of drug-likeness (QED) is 0.589. The van der Waals surface area contributed by atoms with Gasteiger partial charge in [-0.3, -0.25) is 14.4 Å². The number of aromatic hydroxyl groups is 1. The molecular formula is C21H21F2N3O7S. The van der Waals surface area contributed by atoms with Gasteiger partial charge in [0.2, 0.25) is 5.43 Å². The number of hydrogen-bond acceptors (Lipinski definition) is 7. The van der Waals surface area contributed by atoms with Crippen molar-refractivity contribution in [3.8, 4) is 5.75 Å². The average Bonchev–Trinajstić information content (AvgIpc) is 3.17. The van der Waals surface area contributed by atoms with Crippen LogP contribution in [0.25, 0.3) is 0 Å². The van der Waals surface area contributed by atoms with Gasteiger partial charge in [0, 0.05) is 37.2 Å². The van der Waals surface area contributed by atoms with E-state index in [4.69, 9.17) is 4.74 Å². The lowest BCUT2D eigenvalue weighted by Crippen LogP contribution is -2.46. The molecule has 10 nitrogen and oxygen atoms in total. The van der Waals surface area contributed by atoms with E-state index in [1.54, 1.807) is 0 Å². The molecule has 1 aromatic heterocycles. The van der Waals surface area contributed by atoms with Gasteiger partial charge in [-0.1, -0.05) is 6.07 Å². The van der Waals surface area contributed by atoms with Crippen molar-refractivity contribution < 1.29 is 36.6 Å². The van der Waals surface area contributed by atoms with Crippen molar-refractivity contribution in [2.45, 2.75) is 31.8 Å². The van der Waals surface area contributed by atoms with Crippen LogP contribution in [0.5, 0.6) is 5.75 Å². The van der Waals surface area contributed by atoms with Gasteiger partial charge in [0.1, 0.15) is 27.0 Å². The Morgan fingerprint density at radius 3 is 2.68 bits per heavy atom. The van der Waals surface area contributed by atoms with Crippen molar-refractivity contribution in [1.82, 2.24) is 14.8 Å². The molecule has 2 atom stereocenters. The molecule has 0 aliphatic carbocycles. The molecule has 0 saturated carbocycles. The minimum atomic E-state index is -3.23. The molecule has 0 spiro atoms. The van der Waals surface area contributed by atoms with E-state index in [2.05, 4.69) is 5.32 Å². The summed E-state index contributed by atoms with van der Waals surface area (Å²) in [5, 5.41) is 12.8. The molecule has 1 aromatic carbocycles. The summed E-state index contributed by atoms with van der Waals surface area (Å²) in [6.45, 7) is -0.247. The van der Waals surface area contributed by atoms with Gasteiger partial charge >= 0.3 is 0 Å². The van der Waals surface area contributed by atoms with Gasteiger partial charge in [0.15, 0.2) is 17.7 Å². The van der Waals surface area contributed by atoms with Crippen LogP contribution >= 0.6 is 0 Å². The molecule has 3 heterocycles. The number of pyridine rings is 1. The van der Waals surface area contributed by atoms with E-state index in [0.717, 1.165) is 24.6 Å². The van der Waals surface area contributed by atoms with Crippen molar-refractivity contribution in [2.75, 3.05) is 18.6 Å². The second-order valence-electron chi connectivity index (χ2n) is 8.23. The highest BCUT2D eigenvalue weighted by atomic mass is 32.2. The van der Waals surface area contributed by atoms with Crippen LogP contribution in [0.1, 0.15) is 32.8 Å². The molecule has 0 radical (unpaired) electrons. The van der Waals surface area contributed by atoms with Crippen LogP contribution in [-0.2, 0) is 27.7 Å². The van der Waals surface area contributed by atoms with Crippen LogP contribution in [0.15, 0.2) is 29.2 Å². The molecule has 1 saturated heterocycles. The van der Waals surface area contributed by atoms with E-state index in [1.165, 1.54) is 9.47 Å². The monoisotopic (exact) mass is 497 g/mol. The molecule has 2 N–H and O–H groups in total. The lowest BCUT2D eigenvalue weighted by Gasteiger charge is -2.31. The normalized spacial score (nSPS) is 19.6. The van der Waals surface area contributed by atoms with Gasteiger partial charge in [0.25, 0.3) is 11.8 Å². The fourth-order valence-corrected chi connectivity index (χ4v) is 4.65. The number of rotatable bonds is 6. The first-order chi connectivity index (χ1) is 15.9. The zero-order chi connectivity index (χ0) is 24.8. The van der Waals surface area contributed by atoms with E-state index < -0.39 is 62.4 Å². The predicted octanol–water partition coefficient (Wildman–Crippen LogP) is 0.377. The second kappa shape index (κ2) is 8.80. The van der Waals surface area contributed by atoms with Gasteiger partial charge in [-0.15, -0.1) is 0 Å². The number of benzene rings is 1. The van der Waals surface area contributed by atoms with Gasteiger partial charge in [-0.25, -0.2) is 17.2 Å². The molecule has 2 amide bonds. The summed E-state index contributed by atoms with van der Waals surface area (Å²) >= 11 is 0. The lowest BCUT2D eigenvalue weighted by molar-refractivity contribution is -0.0150. The molecule has 2 aliphatic rings. The minimum absolute atomic E-state index is 0.00282. The third-order valence-electron chi connectivity index (χ3n) is 5.68. The second-order valence-corrected chi connectivity index (χ2v) is 10.5. The first-order valence-electron chi connectivity index (χ1n) is 10.3. The first kappa shape index (κ1) is 23.8. The van der Waals surface area contributed by atoms with Crippen LogP contribution < -0.4 is 10.7 Å². The molecule has 1 fully saturated rings. The van der Waals surface area contributed by atoms with Gasteiger partial charge in [0.05, 0.1) is 18.4 Å². The number of aromatic nitrogens is 1. The molecule has 1 unspecified atom stereocenters. The topological polar surface area (TPSA) is 135 Å². The summed E-state index contributed by atoms with van der Waals surface area (Å²) in [6.07, 6.45) is 1.07. The van der Waals surface area contributed by atoms with Crippen molar-refractivity contribution in [3.05, 3.63) is 63.1 Å². The number of hydrogen-bond donors (Lipinski definition) is 2. The van der Waals surface area contributed by atoms with Crippen LogP contribution in [0.4, 0.5) is 8.78 Å². The van der Waals surface area contributed by atoms with E-state index in [1.807, 2.05) is 0 Å². The van der Waals surface area contributed by atoms with Crippen LogP contribution in [-0.4, -0.2) is 65.7 Å². The standard InChI is InChI=1S/C21H21F2N3O7S/c1-34(31,32)5-4-13-8-26-16(33-13)10-25-9-14(18(27)19(28)17(25)21(26)30)20(29)24-7-11-2-3-12(22)6-15(11)23/h2-3,6,9,13,16,28H,4-5,7-8,10H2,1H3,(H,24,29)/t13?,16-/m1/s1. The predicted molar refractivity (Wildman–Crippen MR) is 114 cm³/mol. The van der Waals surface area contributed by atoms with Crippen molar-refractivity contribution in [3.63, 3.8) is 0 Å². The number of nitrogens with one attached hydrogen (secondary N) is 1. The molecular weight excluding hydrogens is 476 g/mol.